The normalized spacial score (nSPS) is 22.1. The van der Waals surface area contributed by atoms with E-state index in [4.69, 9.17) is 4.74 Å². The summed E-state index contributed by atoms with van der Waals surface area (Å²) in [4.78, 5) is 15.7. The topological polar surface area (TPSA) is 64.3 Å². The van der Waals surface area contributed by atoms with Gasteiger partial charge in [0.1, 0.15) is 6.61 Å². The number of benzene rings is 2. The van der Waals surface area contributed by atoms with E-state index in [0.29, 0.717) is 11.8 Å². The number of hydrogen-bond donors (Lipinski definition) is 1. The number of rotatable bonds is 6. The second kappa shape index (κ2) is 7.84. The quantitative estimate of drug-likeness (QED) is 0.327. The smallest absolute Gasteiger partial charge is 0.418 e. The van der Waals surface area contributed by atoms with Gasteiger partial charge in [0, 0.05) is 29.8 Å². The number of carbonyl (C=O) groups is 1. The minimum atomic E-state index is -4.46. The minimum absolute atomic E-state index is 0.0597. The van der Waals surface area contributed by atoms with Crippen LogP contribution < -0.4 is 4.74 Å². The van der Waals surface area contributed by atoms with E-state index in [2.05, 4.69) is 4.98 Å². The Morgan fingerprint density at radius 2 is 1.92 bits per heavy atom. The van der Waals surface area contributed by atoms with Crippen molar-refractivity contribution in [2.75, 3.05) is 0 Å². The van der Waals surface area contributed by atoms with E-state index in [1.165, 1.54) is 12.1 Å². The summed E-state index contributed by atoms with van der Waals surface area (Å²) in [7, 11) is 0. The summed E-state index contributed by atoms with van der Waals surface area (Å²) in [5.41, 5.74) is 4.17. The third-order valence-corrected chi connectivity index (χ3v) is 8.04. The van der Waals surface area contributed by atoms with Gasteiger partial charge in [0.15, 0.2) is 0 Å². The lowest BCUT2D eigenvalue weighted by atomic mass is 10.0. The van der Waals surface area contributed by atoms with E-state index in [-0.39, 0.29) is 30.0 Å². The number of hydrogen-bond acceptors (Lipinski definition) is 3. The van der Waals surface area contributed by atoms with E-state index in [1.54, 1.807) is 16.8 Å². The number of aliphatic carboxylic acids is 1. The van der Waals surface area contributed by atoms with Crippen LogP contribution in [0.5, 0.6) is 5.88 Å². The Bertz CT molecular complexity index is 1570. The fourth-order valence-electron chi connectivity index (χ4n) is 6.07. The molecular weight excluding hydrogens is 481 g/mol. The van der Waals surface area contributed by atoms with Crippen LogP contribution >= 0.6 is 0 Å². The highest BCUT2D eigenvalue weighted by molar-refractivity contribution is 5.87. The van der Waals surface area contributed by atoms with Crippen LogP contribution in [0.3, 0.4) is 0 Å². The molecule has 0 saturated heterocycles. The maximum absolute atomic E-state index is 13.8. The second-order valence-corrected chi connectivity index (χ2v) is 10.4. The van der Waals surface area contributed by atoms with Crippen LogP contribution in [-0.4, -0.2) is 20.6 Å². The molecule has 0 unspecified atom stereocenters. The molecule has 37 heavy (non-hydrogen) atoms. The van der Waals surface area contributed by atoms with Gasteiger partial charge in [0.25, 0.3) is 0 Å². The zero-order chi connectivity index (χ0) is 25.5. The Balaban J connectivity index is 1.19. The van der Waals surface area contributed by atoms with Gasteiger partial charge in [-0.25, -0.2) is 4.98 Å². The predicted octanol–water partition coefficient (Wildman–Crippen LogP) is 6.47. The van der Waals surface area contributed by atoms with Gasteiger partial charge >= 0.3 is 12.1 Å². The van der Waals surface area contributed by atoms with Crippen LogP contribution in [0.15, 0.2) is 60.9 Å². The summed E-state index contributed by atoms with van der Waals surface area (Å²) >= 11 is 0. The highest BCUT2D eigenvalue weighted by Crippen LogP contribution is 2.61. The zero-order valence-electron chi connectivity index (χ0n) is 19.7. The molecule has 188 valence electrons. The van der Waals surface area contributed by atoms with Gasteiger partial charge in [0.05, 0.1) is 22.7 Å². The molecule has 1 N–H and O–H groups in total. The van der Waals surface area contributed by atoms with Gasteiger partial charge < -0.3 is 14.4 Å². The van der Waals surface area contributed by atoms with Crippen molar-refractivity contribution in [2.45, 2.75) is 43.9 Å². The van der Waals surface area contributed by atoms with Gasteiger partial charge in [-0.2, -0.15) is 13.2 Å². The molecule has 5 nitrogen and oxygen atoms in total. The van der Waals surface area contributed by atoms with Crippen molar-refractivity contribution in [3.8, 4) is 11.6 Å². The number of carboxylic acids is 1. The monoisotopic (exact) mass is 504 g/mol. The molecule has 8 heteroatoms. The Labute approximate surface area is 210 Å². The average Bonchev–Trinajstić information content (AvgIpc) is 3.78. The Kier molecular flexibility index (Phi) is 4.75. The molecule has 3 aliphatic rings. The van der Waals surface area contributed by atoms with Crippen LogP contribution in [0.1, 0.15) is 52.5 Å². The SMILES string of the molecule is O=C(O)[C@H]1[C@@H]2Cc3cc(OCc4ccc5c(C6CC6)cn(-c6ccccc6C(F)(F)F)c5c4)ncc3[C@@H]21. The van der Waals surface area contributed by atoms with E-state index in [0.717, 1.165) is 58.5 Å². The first-order valence-corrected chi connectivity index (χ1v) is 12.4. The van der Waals surface area contributed by atoms with Crippen LogP contribution in [0, 0.1) is 11.8 Å². The number of ether oxygens (including phenoxy) is 1. The molecular formula is C29H23F3N2O3. The van der Waals surface area contributed by atoms with E-state index in [1.807, 2.05) is 30.5 Å². The minimum Gasteiger partial charge on any atom is -0.481 e. The highest BCUT2D eigenvalue weighted by atomic mass is 19.4. The van der Waals surface area contributed by atoms with Gasteiger partial charge in [-0.1, -0.05) is 24.3 Å². The third-order valence-electron chi connectivity index (χ3n) is 8.04. The lowest BCUT2D eigenvalue weighted by Gasteiger charge is -2.15. The molecule has 0 aliphatic heterocycles. The molecule has 2 aromatic heterocycles. The van der Waals surface area contributed by atoms with Crippen LogP contribution in [0.4, 0.5) is 13.2 Å². The van der Waals surface area contributed by atoms with Crippen molar-refractivity contribution >= 4 is 16.9 Å². The van der Waals surface area contributed by atoms with Crippen LogP contribution in [0.2, 0.25) is 0 Å². The van der Waals surface area contributed by atoms with Gasteiger partial charge in [-0.3, -0.25) is 4.79 Å². The lowest BCUT2D eigenvalue weighted by molar-refractivity contribution is -0.139. The first-order valence-electron chi connectivity index (χ1n) is 12.4. The molecule has 2 heterocycles. The molecule has 2 aromatic carbocycles. The molecule has 3 aliphatic carbocycles. The fraction of sp³-hybridized carbons (Fsp3) is 0.310. The maximum atomic E-state index is 13.8. The number of carboxylic acid groups (broad SMARTS) is 1. The predicted molar refractivity (Wildman–Crippen MR) is 130 cm³/mol. The number of aromatic nitrogens is 2. The Morgan fingerprint density at radius 3 is 2.68 bits per heavy atom. The number of alkyl halides is 3. The Morgan fingerprint density at radius 1 is 1.11 bits per heavy atom. The number of fused-ring (bicyclic) bond motifs is 4. The van der Waals surface area contributed by atoms with Crippen molar-refractivity contribution in [1.82, 2.24) is 9.55 Å². The first kappa shape index (κ1) is 22.4. The van der Waals surface area contributed by atoms with Crippen molar-refractivity contribution in [1.29, 1.82) is 0 Å². The summed E-state index contributed by atoms with van der Waals surface area (Å²) < 4.78 is 49.1. The summed E-state index contributed by atoms with van der Waals surface area (Å²) in [6, 6.07) is 13.4. The average molecular weight is 505 g/mol. The number of pyridine rings is 1. The lowest BCUT2D eigenvalue weighted by Crippen LogP contribution is -2.10. The largest absolute Gasteiger partial charge is 0.481 e. The van der Waals surface area contributed by atoms with Crippen molar-refractivity contribution in [2.24, 2.45) is 11.8 Å². The third kappa shape index (κ3) is 3.69. The summed E-state index contributed by atoms with van der Waals surface area (Å²) in [6.07, 6.45) is 1.93. The maximum Gasteiger partial charge on any atom is 0.418 e. The standard InChI is InChI=1S/C29H23F3N2O3/c30-29(31,32)22-3-1-2-4-23(22)34-13-21(16-6-7-16)18-8-5-15(9-24(18)34)14-37-25-11-17-10-19-26(20(17)12-33-25)27(19)28(35)36/h1-5,8-9,11-13,16,19,26-27H,6-7,10,14H2,(H,35,36)/t19-,26-,27+/m1/s1. The number of nitrogens with zero attached hydrogens (tertiary/aromatic N) is 2. The van der Waals surface area contributed by atoms with Crippen LogP contribution in [-0.2, 0) is 24.0 Å². The van der Waals surface area contributed by atoms with Crippen LogP contribution in [0.25, 0.3) is 16.6 Å². The zero-order valence-corrected chi connectivity index (χ0v) is 19.7. The van der Waals surface area contributed by atoms with Crippen molar-refractivity contribution in [3.63, 3.8) is 0 Å². The molecule has 7 rings (SSSR count). The molecule has 0 spiro atoms. The van der Waals surface area contributed by atoms with Crippen molar-refractivity contribution < 1.29 is 27.8 Å². The molecule has 0 amide bonds. The molecule has 2 saturated carbocycles. The number of para-hydroxylation sites is 1. The van der Waals surface area contributed by atoms with E-state index < -0.39 is 17.7 Å². The second-order valence-electron chi connectivity index (χ2n) is 10.4. The molecule has 0 bridgehead atoms. The summed E-state index contributed by atoms with van der Waals surface area (Å²) in [5, 5.41) is 10.3. The Hall–Kier alpha value is -3.81. The molecule has 0 radical (unpaired) electrons. The fourth-order valence-corrected chi connectivity index (χ4v) is 6.07. The van der Waals surface area contributed by atoms with E-state index >= 15 is 0 Å². The summed E-state index contributed by atoms with van der Waals surface area (Å²) in [6.45, 7) is 0.219. The molecule has 2 fully saturated rings. The van der Waals surface area contributed by atoms with Gasteiger partial charge in [0.2, 0.25) is 5.88 Å². The summed E-state index contributed by atoms with van der Waals surface area (Å²) in [5.74, 6) is 0.00951. The molecule has 3 atom stereocenters. The van der Waals surface area contributed by atoms with Gasteiger partial charge in [-0.15, -0.1) is 0 Å². The molecule has 4 aromatic rings. The highest BCUT2D eigenvalue weighted by Gasteiger charge is 2.59. The van der Waals surface area contributed by atoms with E-state index in [9.17, 15) is 23.1 Å². The van der Waals surface area contributed by atoms with Crippen molar-refractivity contribution in [3.05, 3.63) is 88.7 Å². The first-order chi connectivity index (χ1) is 17.8. The number of halogens is 3. The van der Waals surface area contributed by atoms with Gasteiger partial charge in [-0.05, 0) is 71.6 Å².